The largest absolute Gasteiger partial charge is 0.494 e. The van der Waals surface area contributed by atoms with Crippen LogP contribution < -0.4 is 19.9 Å². The van der Waals surface area contributed by atoms with Crippen LogP contribution in [0.25, 0.3) is 11.6 Å². The summed E-state index contributed by atoms with van der Waals surface area (Å²) in [5, 5.41) is 4.07. The van der Waals surface area contributed by atoms with Gasteiger partial charge in [0.1, 0.15) is 17.4 Å². The Hall–Kier alpha value is -3.58. The molecule has 3 aliphatic heterocycles. The van der Waals surface area contributed by atoms with E-state index in [1.54, 1.807) is 7.11 Å². The molecule has 0 aliphatic carbocycles. The van der Waals surface area contributed by atoms with Gasteiger partial charge in [0.2, 0.25) is 5.95 Å². The van der Waals surface area contributed by atoms with Crippen LogP contribution in [0.5, 0.6) is 5.75 Å². The Labute approximate surface area is 210 Å². The normalized spacial score (nSPS) is 16.9. The van der Waals surface area contributed by atoms with E-state index in [9.17, 15) is 0 Å². The van der Waals surface area contributed by atoms with E-state index in [0.717, 1.165) is 66.0 Å². The Morgan fingerprint density at radius 2 is 1.89 bits per heavy atom. The molecule has 0 spiro atoms. The summed E-state index contributed by atoms with van der Waals surface area (Å²) >= 11 is 6.51. The van der Waals surface area contributed by atoms with Gasteiger partial charge >= 0.3 is 0 Å². The fraction of sp³-hybridized carbons (Fsp3) is 0.296. The molecule has 4 heterocycles. The van der Waals surface area contributed by atoms with E-state index in [0.29, 0.717) is 11.0 Å². The third-order valence-electron chi connectivity index (χ3n) is 6.75. The van der Waals surface area contributed by atoms with Gasteiger partial charge in [-0.15, -0.1) is 0 Å². The van der Waals surface area contributed by atoms with Gasteiger partial charge in [-0.05, 0) is 43.5 Å². The molecule has 0 unspecified atom stereocenters. The van der Waals surface area contributed by atoms with Crippen LogP contribution in [-0.4, -0.2) is 49.1 Å². The maximum Gasteiger partial charge on any atom is 0.229 e. The van der Waals surface area contributed by atoms with E-state index in [2.05, 4.69) is 38.3 Å². The van der Waals surface area contributed by atoms with Crippen LogP contribution >= 0.6 is 11.6 Å². The Morgan fingerprint density at radius 1 is 1.03 bits per heavy atom. The van der Waals surface area contributed by atoms with E-state index >= 15 is 0 Å². The molecular formula is C27H27ClN6O. The number of nitrogens with zero attached hydrogens (tertiary/aromatic N) is 5. The number of anilines is 4. The highest BCUT2D eigenvalue weighted by Crippen LogP contribution is 2.38. The van der Waals surface area contributed by atoms with Crippen LogP contribution in [0.15, 0.2) is 53.7 Å². The molecule has 0 saturated carbocycles. The summed E-state index contributed by atoms with van der Waals surface area (Å²) < 4.78 is 5.71. The lowest BCUT2D eigenvalue weighted by atomic mass is 9.98. The summed E-state index contributed by atoms with van der Waals surface area (Å²) in [5.41, 5.74) is 4.94. The van der Waals surface area contributed by atoms with Crippen molar-refractivity contribution >= 4 is 52.2 Å². The average molecular weight is 487 g/mol. The molecule has 3 aromatic rings. The van der Waals surface area contributed by atoms with Crippen molar-refractivity contribution in [2.24, 2.45) is 4.99 Å². The highest BCUT2D eigenvalue weighted by molar-refractivity contribution is 6.40. The lowest BCUT2D eigenvalue weighted by Crippen LogP contribution is -2.32. The van der Waals surface area contributed by atoms with Gasteiger partial charge in [-0.3, -0.25) is 4.99 Å². The number of fused-ring (bicyclic) bond motifs is 3. The number of rotatable bonds is 5. The van der Waals surface area contributed by atoms with Crippen molar-refractivity contribution in [1.82, 2.24) is 9.97 Å². The molecule has 8 heteroatoms. The van der Waals surface area contributed by atoms with Crippen molar-refractivity contribution < 1.29 is 4.74 Å². The number of aromatic nitrogens is 2. The van der Waals surface area contributed by atoms with Crippen LogP contribution in [0.4, 0.5) is 23.1 Å². The molecule has 1 N–H and O–H groups in total. The third kappa shape index (κ3) is 4.10. The Morgan fingerprint density at radius 3 is 2.71 bits per heavy atom. The van der Waals surface area contributed by atoms with E-state index in [-0.39, 0.29) is 0 Å². The predicted octanol–water partition coefficient (Wildman–Crippen LogP) is 5.65. The van der Waals surface area contributed by atoms with Crippen molar-refractivity contribution in [3.8, 4) is 5.75 Å². The fourth-order valence-electron chi connectivity index (χ4n) is 4.99. The maximum atomic E-state index is 6.51. The molecule has 2 aromatic carbocycles. The molecule has 1 aromatic heterocycles. The maximum absolute atomic E-state index is 6.51. The molecule has 35 heavy (non-hydrogen) atoms. The minimum Gasteiger partial charge on any atom is -0.494 e. The zero-order valence-corrected chi connectivity index (χ0v) is 20.4. The van der Waals surface area contributed by atoms with E-state index < -0.39 is 0 Å². The van der Waals surface area contributed by atoms with Crippen LogP contribution in [0.2, 0.25) is 5.02 Å². The van der Waals surface area contributed by atoms with Crippen LogP contribution in [0.3, 0.4) is 0 Å². The van der Waals surface area contributed by atoms with Gasteiger partial charge in [0.05, 0.1) is 19.3 Å². The van der Waals surface area contributed by atoms with Crippen LogP contribution in [0, 0.1) is 0 Å². The number of nitrogens with one attached hydrogen (secondary N) is 1. The molecule has 178 valence electrons. The number of hydrogen-bond donors (Lipinski definition) is 1. The molecule has 0 radical (unpaired) electrons. The van der Waals surface area contributed by atoms with Gasteiger partial charge in [0.25, 0.3) is 0 Å². The summed E-state index contributed by atoms with van der Waals surface area (Å²) in [5.74, 6) is 3.05. The molecule has 1 saturated heterocycles. The number of amidine groups is 1. The molecule has 6 rings (SSSR count). The summed E-state index contributed by atoms with van der Waals surface area (Å²) in [6, 6.07) is 14.1. The van der Waals surface area contributed by atoms with E-state index in [1.165, 1.54) is 24.9 Å². The summed E-state index contributed by atoms with van der Waals surface area (Å²) in [6.07, 6.45) is 7.71. The van der Waals surface area contributed by atoms with Crippen LogP contribution in [0.1, 0.15) is 30.4 Å². The second kappa shape index (κ2) is 9.23. The van der Waals surface area contributed by atoms with Crippen molar-refractivity contribution in [2.75, 3.05) is 48.4 Å². The van der Waals surface area contributed by atoms with Crippen molar-refractivity contribution in [1.29, 1.82) is 0 Å². The Bertz CT molecular complexity index is 1330. The minimum absolute atomic E-state index is 0.522. The fourth-order valence-corrected chi connectivity index (χ4v) is 5.23. The first-order valence-corrected chi connectivity index (χ1v) is 12.4. The number of benzene rings is 2. The number of aliphatic imine (C=N–C) groups is 1. The first kappa shape index (κ1) is 21.9. The van der Waals surface area contributed by atoms with E-state index in [1.807, 2.05) is 36.5 Å². The number of halogens is 1. The second-order valence-corrected chi connectivity index (χ2v) is 9.33. The van der Waals surface area contributed by atoms with Crippen molar-refractivity contribution in [3.05, 3.63) is 64.8 Å². The lowest BCUT2D eigenvalue weighted by molar-refractivity contribution is 0.416. The standard InChI is InChI=1S/C27H27ClN6O/c1-35-24-16-19(33-12-5-2-6-13-33)9-10-23(24)31-27-30-17-18-15-21(20-7-3-4-8-22(20)28)26-29-11-14-34(26)25(18)32-27/h3-4,7-10,15-17H,2,5-6,11-14H2,1H3,(H,30,31,32). The third-order valence-corrected chi connectivity index (χ3v) is 7.08. The number of ether oxygens (including phenoxy) is 1. The highest BCUT2D eigenvalue weighted by atomic mass is 35.5. The summed E-state index contributed by atoms with van der Waals surface area (Å²) in [6.45, 7) is 3.67. The zero-order chi connectivity index (χ0) is 23.8. The average Bonchev–Trinajstić information content (AvgIpc) is 3.40. The first-order chi connectivity index (χ1) is 17.2. The van der Waals surface area contributed by atoms with Gasteiger partial charge in [-0.1, -0.05) is 29.8 Å². The molecule has 1 fully saturated rings. The van der Waals surface area contributed by atoms with Crippen molar-refractivity contribution in [3.63, 3.8) is 0 Å². The SMILES string of the molecule is COc1cc(N2CCCCC2)ccc1Nc1ncc2c(n1)N1CCN=C1C(c1ccccc1Cl)=C2. The topological polar surface area (TPSA) is 65.9 Å². The minimum atomic E-state index is 0.522. The number of methoxy groups -OCH3 is 1. The monoisotopic (exact) mass is 486 g/mol. The molecule has 0 atom stereocenters. The summed E-state index contributed by atoms with van der Waals surface area (Å²) in [4.78, 5) is 18.8. The number of hydrogen-bond acceptors (Lipinski definition) is 7. The Balaban J connectivity index is 1.31. The van der Waals surface area contributed by atoms with Gasteiger partial charge in [-0.2, -0.15) is 4.98 Å². The van der Waals surface area contributed by atoms with E-state index in [4.69, 9.17) is 26.3 Å². The smallest absolute Gasteiger partial charge is 0.229 e. The van der Waals surface area contributed by atoms with Gasteiger partial charge in [0.15, 0.2) is 0 Å². The first-order valence-electron chi connectivity index (χ1n) is 12.1. The molecule has 0 bridgehead atoms. The zero-order valence-electron chi connectivity index (χ0n) is 19.7. The highest BCUT2D eigenvalue weighted by Gasteiger charge is 2.31. The second-order valence-electron chi connectivity index (χ2n) is 8.92. The predicted molar refractivity (Wildman–Crippen MR) is 143 cm³/mol. The molecule has 3 aliphatic rings. The summed E-state index contributed by atoms with van der Waals surface area (Å²) in [7, 11) is 1.70. The number of piperidine rings is 1. The van der Waals surface area contributed by atoms with Gasteiger partial charge < -0.3 is 19.9 Å². The molecule has 0 amide bonds. The molecular weight excluding hydrogens is 460 g/mol. The van der Waals surface area contributed by atoms with Gasteiger partial charge in [0, 0.05) is 59.3 Å². The van der Waals surface area contributed by atoms with Crippen LogP contribution in [-0.2, 0) is 0 Å². The quantitative estimate of drug-likeness (QED) is 0.503. The lowest BCUT2D eigenvalue weighted by Gasteiger charge is -2.29. The molecule has 7 nitrogen and oxygen atoms in total. The Kier molecular flexibility index (Phi) is 5.78. The van der Waals surface area contributed by atoms with Gasteiger partial charge in [-0.25, -0.2) is 4.98 Å². The van der Waals surface area contributed by atoms with Crippen molar-refractivity contribution in [2.45, 2.75) is 19.3 Å².